The van der Waals surface area contributed by atoms with Crippen LogP contribution in [0.1, 0.15) is 27.0 Å². The van der Waals surface area contributed by atoms with Crippen LogP contribution in [0.4, 0.5) is 0 Å². The van der Waals surface area contributed by atoms with Crippen molar-refractivity contribution in [2.24, 2.45) is 0 Å². The summed E-state index contributed by atoms with van der Waals surface area (Å²) in [6.07, 6.45) is 0.719. The predicted octanol–water partition coefficient (Wildman–Crippen LogP) is 1.72. The Balaban J connectivity index is 1.82. The average molecular weight is 335 g/mol. The summed E-state index contributed by atoms with van der Waals surface area (Å²) in [6.45, 7) is 3.01. The van der Waals surface area contributed by atoms with Crippen molar-refractivity contribution in [3.63, 3.8) is 0 Å². The van der Waals surface area contributed by atoms with E-state index in [1.54, 1.807) is 17.0 Å². The van der Waals surface area contributed by atoms with E-state index in [2.05, 4.69) is 9.97 Å². The van der Waals surface area contributed by atoms with Gasteiger partial charge in [-0.05, 0) is 42.7 Å². The average Bonchev–Trinajstić information content (AvgIpc) is 2.63. The summed E-state index contributed by atoms with van der Waals surface area (Å²) in [5.41, 5.74) is 3.59. The molecular formula is C19H17N3O3. The summed E-state index contributed by atoms with van der Waals surface area (Å²) in [5, 5.41) is 0. The van der Waals surface area contributed by atoms with Crippen molar-refractivity contribution in [3.8, 4) is 0 Å². The molecule has 1 amide bonds. The Hall–Kier alpha value is -3.15. The van der Waals surface area contributed by atoms with Crippen molar-refractivity contribution < 1.29 is 4.79 Å². The van der Waals surface area contributed by atoms with Crippen molar-refractivity contribution in [1.82, 2.24) is 14.9 Å². The van der Waals surface area contributed by atoms with E-state index in [9.17, 15) is 14.4 Å². The first-order valence-electron chi connectivity index (χ1n) is 8.16. The first-order chi connectivity index (χ1) is 12.0. The summed E-state index contributed by atoms with van der Waals surface area (Å²) >= 11 is 0. The molecular weight excluding hydrogens is 318 g/mol. The molecule has 0 atom stereocenters. The summed E-state index contributed by atoms with van der Waals surface area (Å²) in [4.78, 5) is 43.2. The van der Waals surface area contributed by atoms with Crippen LogP contribution >= 0.6 is 0 Å². The second-order valence-electron chi connectivity index (χ2n) is 6.32. The van der Waals surface area contributed by atoms with E-state index in [-0.39, 0.29) is 5.91 Å². The molecule has 0 unspecified atom stereocenters. The zero-order valence-electron chi connectivity index (χ0n) is 13.8. The second-order valence-corrected chi connectivity index (χ2v) is 6.32. The molecule has 0 saturated heterocycles. The maximum Gasteiger partial charge on any atom is 0.314 e. The summed E-state index contributed by atoms with van der Waals surface area (Å²) < 4.78 is 0. The van der Waals surface area contributed by atoms with Crippen LogP contribution in [-0.4, -0.2) is 27.3 Å². The Morgan fingerprint density at radius 2 is 1.76 bits per heavy atom. The molecule has 3 aromatic rings. The minimum atomic E-state index is -0.676. The van der Waals surface area contributed by atoms with Crippen molar-refractivity contribution in [1.29, 1.82) is 0 Å². The van der Waals surface area contributed by atoms with Crippen LogP contribution in [-0.2, 0) is 13.0 Å². The number of nitrogens with zero attached hydrogens (tertiary/aromatic N) is 1. The molecule has 0 spiro atoms. The maximum absolute atomic E-state index is 12.7. The fraction of sp³-hybridized carbons (Fsp3) is 0.211. The Morgan fingerprint density at radius 1 is 1.04 bits per heavy atom. The van der Waals surface area contributed by atoms with Gasteiger partial charge in [0.1, 0.15) is 0 Å². The number of fused-ring (bicyclic) bond motifs is 3. The monoisotopic (exact) mass is 335 g/mol. The Bertz CT molecular complexity index is 1100. The minimum absolute atomic E-state index is 0.0346. The molecule has 6 heteroatoms. The summed E-state index contributed by atoms with van der Waals surface area (Å²) in [5.74, 6) is -0.0346. The van der Waals surface area contributed by atoms with Gasteiger partial charge in [-0.25, -0.2) is 0 Å². The quantitative estimate of drug-likeness (QED) is 0.664. The van der Waals surface area contributed by atoms with Gasteiger partial charge in [0.05, 0.1) is 11.0 Å². The number of H-pyrrole nitrogens is 2. The largest absolute Gasteiger partial charge is 0.334 e. The summed E-state index contributed by atoms with van der Waals surface area (Å²) in [7, 11) is 0. The molecule has 6 nitrogen and oxygen atoms in total. The molecule has 1 aliphatic rings. The number of nitrogens with one attached hydrogen (secondary N) is 2. The Labute approximate surface area is 143 Å². The van der Waals surface area contributed by atoms with Gasteiger partial charge in [0.25, 0.3) is 5.91 Å². The van der Waals surface area contributed by atoms with Gasteiger partial charge in [-0.15, -0.1) is 0 Å². The van der Waals surface area contributed by atoms with Crippen LogP contribution < -0.4 is 11.1 Å². The van der Waals surface area contributed by atoms with Gasteiger partial charge in [0.2, 0.25) is 0 Å². The Kier molecular flexibility index (Phi) is 3.53. The van der Waals surface area contributed by atoms with Gasteiger partial charge in [0.15, 0.2) is 0 Å². The zero-order valence-corrected chi connectivity index (χ0v) is 13.8. The third-order valence-corrected chi connectivity index (χ3v) is 4.75. The molecule has 1 aromatic heterocycles. The topological polar surface area (TPSA) is 86.0 Å². The van der Waals surface area contributed by atoms with E-state index < -0.39 is 11.1 Å². The van der Waals surface area contributed by atoms with Crippen molar-refractivity contribution in [3.05, 3.63) is 79.4 Å². The predicted molar refractivity (Wildman–Crippen MR) is 94.8 cm³/mol. The third-order valence-electron chi connectivity index (χ3n) is 4.75. The number of aryl methyl sites for hydroxylation is 1. The molecule has 2 aromatic carbocycles. The lowest BCUT2D eigenvalue weighted by Gasteiger charge is -2.30. The van der Waals surface area contributed by atoms with Gasteiger partial charge >= 0.3 is 11.1 Å². The highest BCUT2D eigenvalue weighted by molar-refractivity contribution is 5.94. The zero-order chi connectivity index (χ0) is 17.6. The molecule has 0 saturated carbocycles. The Morgan fingerprint density at radius 3 is 2.52 bits per heavy atom. The summed E-state index contributed by atoms with van der Waals surface area (Å²) in [6, 6.07) is 11.0. The number of carbonyl (C=O) groups excluding carboxylic acids is 1. The van der Waals surface area contributed by atoms with Crippen molar-refractivity contribution in [2.75, 3.05) is 6.54 Å². The smallest absolute Gasteiger partial charge is 0.314 e. The lowest BCUT2D eigenvalue weighted by Crippen LogP contribution is -2.37. The molecule has 2 N–H and O–H groups in total. The normalized spacial score (nSPS) is 13.7. The van der Waals surface area contributed by atoms with Gasteiger partial charge in [-0.1, -0.05) is 18.2 Å². The minimum Gasteiger partial charge on any atom is -0.334 e. The molecule has 0 radical (unpaired) electrons. The van der Waals surface area contributed by atoms with E-state index in [4.69, 9.17) is 0 Å². The van der Waals surface area contributed by atoms with Gasteiger partial charge in [-0.2, -0.15) is 0 Å². The first kappa shape index (κ1) is 15.4. The van der Waals surface area contributed by atoms with Gasteiger partial charge < -0.3 is 14.9 Å². The van der Waals surface area contributed by atoms with Crippen LogP contribution in [0.25, 0.3) is 11.0 Å². The van der Waals surface area contributed by atoms with Crippen LogP contribution in [0.5, 0.6) is 0 Å². The van der Waals surface area contributed by atoms with Crippen LogP contribution in [0.15, 0.2) is 46.0 Å². The van der Waals surface area contributed by atoms with Crippen LogP contribution in [0.2, 0.25) is 0 Å². The lowest BCUT2D eigenvalue weighted by atomic mass is 9.93. The first-order valence-corrected chi connectivity index (χ1v) is 8.16. The highest BCUT2D eigenvalue weighted by Crippen LogP contribution is 2.28. The number of rotatable bonds is 1. The number of aromatic nitrogens is 2. The SMILES string of the molecule is Cc1cc2[nH]c(=O)c(=O)[nH]c2c2c1CCN(C(=O)c1ccccc1)C2. The van der Waals surface area contributed by atoms with Crippen molar-refractivity contribution >= 4 is 16.9 Å². The molecule has 4 rings (SSSR count). The van der Waals surface area contributed by atoms with Gasteiger partial charge in [0, 0.05) is 24.2 Å². The molecule has 0 fully saturated rings. The number of amides is 1. The number of hydrogen-bond donors (Lipinski definition) is 2. The van der Waals surface area contributed by atoms with Gasteiger partial charge in [-0.3, -0.25) is 14.4 Å². The third kappa shape index (κ3) is 2.55. The molecule has 0 bridgehead atoms. The fourth-order valence-electron chi connectivity index (χ4n) is 3.49. The number of carbonyl (C=O) groups is 1. The van der Waals surface area contributed by atoms with E-state index in [0.29, 0.717) is 29.7 Å². The van der Waals surface area contributed by atoms with Crippen LogP contribution in [0.3, 0.4) is 0 Å². The molecule has 2 heterocycles. The molecule has 25 heavy (non-hydrogen) atoms. The fourth-order valence-corrected chi connectivity index (χ4v) is 3.49. The van der Waals surface area contributed by atoms with E-state index in [1.165, 1.54) is 0 Å². The highest BCUT2D eigenvalue weighted by Gasteiger charge is 2.25. The van der Waals surface area contributed by atoms with Crippen molar-refractivity contribution in [2.45, 2.75) is 19.9 Å². The van der Waals surface area contributed by atoms with E-state index in [0.717, 1.165) is 23.1 Å². The van der Waals surface area contributed by atoms with E-state index >= 15 is 0 Å². The van der Waals surface area contributed by atoms with Crippen LogP contribution in [0, 0.1) is 6.92 Å². The van der Waals surface area contributed by atoms with E-state index in [1.807, 2.05) is 31.2 Å². The molecule has 0 aliphatic carbocycles. The number of hydrogen-bond acceptors (Lipinski definition) is 3. The molecule has 126 valence electrons. The second kappa shape index (κ2) is 5.73. The standard InChI is InChI=1S/C19H17N3O3/c1-11-9-15-16(21-18(24)17(23)20-15)14-10-22(8-7-13(11)14)19(25)12-5-3-2-4-6-12/h2-6,9H,7-8,10H2,1H3,(H,20,23)(H,21,24). The molecule has 1 aliphatic heterocycles. The lowest BCUT2D eigenvalue weighted by molar-refractivity contribution is 0.0735. The number of aromatic amines is 2. The number of benzene rings is 2. The maximum atomic E-state index is 12.7. The highest BCUT2D eigenvalue weighted by atomic mass is 16.2.